The number of rotatable bonds is 3. The van der Waals surface area contributed by atoms with Gasteiger partial charge in [0.05, 0.1) is 10.2 Å². The van der Waals surface area contributed by atoms with Crippen LogP contribution in [0, 0.1) is 22.6 Å². The molecule has 142 valence electrons. The Kier molecular flexibility index (Phi) is 5.45. The highest BCUT2D eigenvalue weighted by atomic mass is 32.1. The van der Waals surface area contributed by atoms with Gasteiger partial charge in [0.1, 0.15) is 22.1 Å². The van der Waals surface area contributed by atoms with Crippen molar-refractivity contribution in [2.24, 2.45) is 5.41 Å². The Bertz CT molecular complexity index is 1240. The third-order valence-corrected chi connectivity index (χ3v) is 5.87. The first-order valence-electron chi connectivity index (χ1n) is 8.44. The molecule has 2 aromatic heterocycles. The van der Waals surface area contributed by atoms with E-state index in [4.69, 9.17) is 0 Å². The normalized spacial score (nSPS) is 13.3. The topological polar surface area (TPSA) is 62.9 Å². The van der Waals surface area contributed by atoms with E-state index in [-0.39, 0.29) is 21.6 Å². The SMILES string of the molecule is CC(C)(C)C(=O)/C(C#N)=c1\s/c(=C\c2cccs2)c(=O)n1-c1ccc(F)cc1. The summed E-state index contributed by atoms with van der Waals surface area (Å²) in [4.78, 5) is 26.8. The minimum absolute atomic E-state index is 0.0789. The molecule has 0 amide bonds. The number of hydrogen-bond acceptors (Lipinski definition) is 5. The Labute approximate surface area is 169 Å². The zero-order chi connectivity index (χ0) is 20.5. The molecule has 4 nitrogen and oxygen atoms in total. The standard InChI is InChI=1S/C21H17FN2O2S2/c1-21(2,3)18(25)16(12-23)20-24(14-8-6-13(22)7-9-14)19(26)17(28-20)11-15-5-4-10-27-15/h4-11H,1-3H3/b17-11-,20-16-. The number of halogens is 1. The fraction of sp³-hybridized carbons (Fsp3) is 0.190. The van der Waals surface area contributed by atoms with Gasteiger partial charge in [-0.05, 0) is 41.8 Å². The maximum absolute atomic E-state index is 13.4. The predicted molar refractivity (Wildman–Crippen MR) is 110 cm³/mol. The molecular formula is C21H17FN2O2S2. The van der Waals surface area contributed by atoms with Crippen LogP contribution < -0.4 is 14.8 Å². The number of aromatic nitrogens is 1. The van der Waals surface area contributed by atoms with Crippen LogP contribution in [0.2, 0.25) is 0 Å². The maximum atomic E-state index is 13.4. The monoisotopic (exact) mass is 412 g/mol. The van der Waals surface area contributed by atoms with Crippen LogP contribution >= 0.6 is 22.7 Å². The molecule has 0 unspecified atom stereocenters. The number of nitriles is 1. The number of carbonyl (C=O) groups excluding carboxylic acids is 1. The first-order chi connectivity index (χ1) is 13.2. The average Bonchev–Trinajstić information content (AvgIpc) is 3.25. The predicted octanol–water partition coefficient (Wildman–Crippen LogP) is 3.22. The van der Waals surface area contributed by atoms with E-state index in [9.17, 15) is 19.2 Å². The van der Waals surface area contributed by atoms with E-state index in [0.29, 0.717) is 10.2 Å². The van der Waals surface area contributed by atoms with Crippen molar-refractivity contribution in [3.05, 3.63) is 72.0 Å². The molecule has 0 aliphatic carbocycles. The highest BCUT2D eigenvalue weighted by molar-refractivity contribution is 7.11. The van der Waals surface area contributed by atoms with Gasteiger partial charge >= 0.3 is 0 Å². The highest BCUT2D eigenvalue weighted by Gasteiger charge is 2.27. The molecule has 0 saturated carbocycles. The van der Waals surface area contributed by atoms with E-state index in [1.165, 1.54) is 40.2 Å². The minimum atomic E-state index is -0.781. The molecule has 28 heavy (non-hydrogen) atoms. The second kappa shape index (κ2) is 7.66. The molecular weight excluding hydrogens is 395 g/mol. The molecule has 1 aromatic carbocycles. The largest absolute Gasteiger partial charge is 0.293 e. The van der Waals surface area contributed by atoms with Crippen molar-refractivity contribution in [3.63, 3.8) is 0 Å². The van der Waals surface area contributed by atoms with Gasteiger partial charge < -0.3 is 0 Å². The van der Waals surface area contributed by atoms with Gasteiger partial charge in [-0.25, -0.2) is 4.39 Å². The lowest BCUT2D eigenvalue weighted by Gasteiger charge is -2.15. The van der Waals surface area contributed by atoms with Crippen LogP contribution in [-0.2, 0) is 4.79 Å². The average molecular weight is 413 g/mol. The summed E-state index contributed by atoms with van der Waals surface area (Å²) in [6.45, 7) is 5.16. The molecule has 0 atom stereocenters. The number of carbonyl (C=O) groups is 1. The Morgan fingerprint density at radius 3 is 2.43 bits per heavy atom. The summed E-state index contributed by atoms with van der Waals surface area (Å²) in [5.41, 5.74) is -0.812. The lowest BCUT2D eigenvalue weighted by Crippen LogP contribution is -2.33. The van der Waals surface area contributed by atoms with Crippen LogP contribution in [0.4, 0.5) is 4.39 Å². The number of Topliss-reactive ketones (excluding diaryl/α,β-unsaturated/α-hetero) is 1. The van der Waals surface area contributed by atoms with Crippen molar-refractivity contribution >= 4 is 40.1 Å². The molecule has 0 saturated heterocycles. The van der Waals surface area contributed by atoms with Gasteiger partial charge in [0.25, 0.3) is 5.56 Å². The van der Waals surface area contributed by atoms with Crippen molar-refractivity contribution in [1.82, 2.24) is 4.57 Å². The van der Waals surface area contributed by atoms with Gasteiger partial charge in [-0.15, -0.1) is 22.7 Å². The third kappa shape index (κ3) is 3.88. The molecule has 3 aromatic rings. The van der Waals surface area contributed by atoms with E-state index in [1.807, 2.05) is 23.6 Å². The van der Waals surface area contributed by atoms with Crippen LogP contribution in [-0.4, -0.2) is 10.4 Å². The highest BCUT2D eigenvalue weighted by Crippen LogP contribution is 2.20. The smallest absolute Gasteiger partial charge is 0.273 e. The lowest BCUT2D eigenvalue weighted by molar-refractivity contribution is -0.120. The Hall–Kier alpha value is -2.82. The van der Waals surface area contributed by atoms with Crippen molar-refractivity contribution in [1.29, 1.82) is 5.26 Å². The summed E-state index contributed by atoms with van der Waals surface area (Å²) in [6.07, 6.45) is 1.73. The molecule has 0 bridgehead atoms. The fourth-order valence-corrected chi connectivity index (χ4v) is 4.37. The molecule has 0 radical (unpaired) electrons. The third-order valence-electron chi connectivity index (χ3n) is 3.96. The van der Waals surface area contributed by atoms with Gasteiger partial charge in [-0.1, -0.05) is 26.8 Å². The molecule has 7 heteroatoms. The van der Waals surface area contributed by atoms with Crippen LogP contribution in [0.1, 0.15) is 25.6 Å². The number of nitrogens with zero attached hydrogens (tertiary/aromatic N) is 2. The summed E-state index contributed by atoms with van der Waals surface area (Å²) in [5, 5.41) is 11.6. The van der Waals surface area contributed by atoms with Gasteiger partial charge in [-0.2, -0.15) is 5.26 Å². The Balaban J connectivity index is 2.43. The molecule has 0 aliphatic rings. The van der Waals surface area contributed by atoms with Crippen LogP contribution in [0.5, 0.6) is 0 Å². The van der Waals surface area contributed by atoms with Crippen molar-refractivity contribution in [2.45, 2.75) is 20.8 Å². The second-order valence-corrected chi connectivity index (χ2v) is 9.12. The van der Waals surface area contributed by atoms with Gasteiger partial charge in [0.2, 0.25) is 0 Å². The van der Waals surface area contributed by atoms with E-state index in [1.54, 1.807) is 26.8 Å². The van der Waals surface area contributed by atoms with E-state index < -0.39 is 11.2 Å². The van der Waals surface area contributed by atoms with Gasteiger partial charge in [0, 0.05) is 10.3 Å². The van der Waals surface area contributed by atoms with Gasteiger partial charge in [-0.3, -0.25) is 14.2 Å². The molecule has 0 aliphatic heterocycles. The van der Waals surface area contributed by atoms with E-state index in [2.05, 4.69) is 0 Å². The Morgan fingerprint density at radius 2 is 1.89 bits per heavy atom. The molecule has 0 fully saturated rings. The number of benzene rings is 1. The summed E-state index contributed by atoms with van der Waals surface area (Å²) >= 11 is 2.57. The van der Waals surface area contributed by atoms with Crippen molar-refractivity contribution < 1.29 is 9.18 Å². The zero-order valence-electron chi connectivity index (χ0n) is 15.5. The van der Waals surface area contributed by atoms with Crippen LogP contribution in [0.3, 0.4) is 0 Å². The molecule has 0 N–H and O–H groups in total. The van der Waals surface area contributed by atoms with Crippen LogP contribution in [0.15, 0.2) is 46.6 Å². The summed E-state index contributed by atoms with van der Waals surface area (Å²) in [5.74, 6) is -0.788. The Morgan fingerprint density at radius 1 is 1.21 bits per heavy atom. The number of ketones is 1. The number of thiazole rings is 1. The molecule has 3 rings (SSSR count). The second-order valence-electron chi connectivity index (χ2n) is 7.11. The zero-order valence-corrected chi connectivity index (χ0v) is 17.2. The van der Waals surface area contributed by atoms with Gasteiger partial charge in [0.15, 0.2) is 5.78 Å². The number of hydrogen-bond donors (Lipinski definition) is 0. The minimum Gasteiger partial charge on any atom is -0.293 e. The molecule has 0 spiro atoms. The van der Waals surface area contributed by atoms with Crippen molar-refractivity contribution in [3.8, 4) is 11.8 Å². The fourth-order valence-electron chi connectivity index (χ4n) is 2.55. The maximum Gasteiger partial charge on any atom is 0.273 e. The summed E-state index contributed by atoms with van der Waals surface area (Å²) in [6, 6.07) is 11.1. The summed E-state index contributed by atoms with van der Waals surface area (Å²) in [7, 11) is 0. The lowest BCUT2D eigenvalue weighted by atomic mass is 9.87. The molecule has 2 heterocycles. The first-order valence-corrected chi connectivity index (χ1v) is 10.1. The van der Waals surface area contributed by atoms with Crippen LogP contribution in [0.25, 0.3) is 17.3 Å². The number of thiophene rings is 1. The first kappa shape index (κ1) is 19.9. The van der Waals surface area contributed by atoms with Crippen molar-refractivity contribution in [2.75, 3.05) is 0 Å². The quantitative estimate of drug-likeness (QED) is 0.664. The van der Waals surface area contributed by atoms with E-state index >= 15 is 0 Å². The summed E-state index contributed by atoms with van der Waals surface area (Å²) < 4.78 is 15.3. The van der Waals surface area contributed by atoms with E-state index in [0.717, 1.165) is 16.2 Å².